The first-order chi connectivity index (χ1) is 6.25. The van der Waals surface area contributed by atoms with Gasteiger partial charge in [0, 0.05) is 18.4 Å². The highest BCUT2D eigenvalue weighted by Gasteiger charge is 2.53. The molecule has 0 heterocycles. The topological polar surface area (TPSA) is 81.4 Å². The van der Waals surface area contributed by atoms with Gasteiger partial charge in [0.25, 0.3) is 5.91 Å². The molecular formula is C9H16N2O3. The molecule has 0 aliphatic heterocycles. The number of amides is 2. The number of nitrogens with one attached hydrogen (secondary N) is 1. The predicted molar refractivity (Wildman–Crippen MR) is 50.5 cm³/mol. The third-order valence-corrected chi connectivity index (χ3v) is 1.92. The average Bonchev–Trinajstić information content (AvgIpc) is 2.63. The molecule has 1 aliphatic carbocycles. The molecule has 3 N–H and O–H groups in total. The fourth-order valence-corrected chi connectivity index (χ4v) is 1.02. The number of primary amides is 1. The largest absolute Gasteiger partial charge is 0.433 e. The molecule has 0 saturated heterocycles. The van der Waals surface area contributed by atoms with Crippen LogP contribution in [-0.4, -0.2) is 23.1 Å². The van der Waals surface area contributed by atoms with Crippen LogP contribution in [0.3, 0.4) is 0 Å². The van der Waals surface area contributed by atoms with Crippen molar-refractivity contribution >= 4 is 12.0 Å². The highest BCUT2D eigenvalue weighted by Crippen LogP contribution is 2.39. The van der Waals surface area contributed by atoms with E-state index in [4.69, 9.17) is 10.5 Å². The van der Waals surface area contributed by atoms with Crippen LogP contribution in [0.5, 0.6) is 0 Å². The van der Waals surface area contributed by atoms with Gasteiger partial charge < -0.3 is 15.8 Å². The van der Waals surface area contributed by atoms with Crippen LogP contribution < -0.4 is 11.1 Å². The zero-order valence-corrected chi connectivity index (χ0v) is 8.72. The standard InChI is InChI=1S/C9H16N2O3/c1-8(2,3)11-7(13)14-9(4-5-9)6(10)12/h4-5H2,1-3H3,(H2,10,12)(H,11,13). The van der Waals surface area contributed by atoms with Crippen LogP contribution >= 0.6 is 0 Å². The Kier molecular flexibility index (Phi) is 2.43. The van der Waals surface area contributed by atoms with Crippen molar-refractivity contribution in [3.63, 3.8) is 0 Å². The molecule has 5 nitrogen and oxygen atoms in total. The lowest BCUT2D eigenvalue weighted by Crippen LogP contribution is -2.45. The van der Waals surface area contributed by atoms with E-state index in [0.717, 1.165) is 0 Å². The molecule has 1 aliphatic rings. The van der Waals surface area contributed by atoms with Gasteiger partial charge in [-0.2, -0.15) is 0 Å². The van der Waals surface area contributed by atoms with Crippen LogP contribution in [-0.2, 0) is 9.53 Å². The molecule has 0 unspecified atom stereocenters. The molecule has 2 amide bonds. The first-order valence-electron chi connectivity index (χ1n) is 4.56. The zero-order valence-electron chi connectivity index (χ0n) is 8.72. The van der Waals surface area contributed by atoms with Crippen molar-refractivity contribution in [1.82, 2.24) is 5.32 Å². The van der Waals surface area contributed by atoms with Gasteiger partial charge in [0.2, 0.25) is 0 Å². The third-order valence-electron chi connectivity index (χ3n) is 1.92. The van der Waals surface area contributed by atoms with Crippen molar-refractivity contribution in [3.8, 4) is 0 Å². The highest BCUT2D eigenvalue weighted by molar-refractivity contribution is 5.89. The van der Waals surface area contributed by atoms with Crippen LogP contribution in [0.1, 0.15) is 33.6 Å². The van der Waals surface area contributed by atoms with E-state index < -0.39 is 17.6 Å². The molecule has 0 bridgehead atoms. The van der Waals surface area contributed by atoms with Gasteiger partial charge in [-0.3, -0.25) is 4.79 Å². The number of rotatable bonds is 2. The smallest absolute Gasteiger partial charge is 0.408 e. The first kappa shape index (κ1) is 10.8. The molecule has 0 atom stereocenters. The van der Waals surface area contributed by atoms with E-state index in [1.165, 1.54) is 0 Å². The van der Waals surface area contributed by atoms with Crippen LogP contribution in [0.15, 0.2) is 0 Å². The molecule has 1 rings (SSSR count). The van der Waals surface area contributed by atoms with Crippen molar-refractivity contribution < 1.29 is 14.3 Å². The summed E-state index contributed by atoms with van der Waals surface area (Å²) in [6.07, 6.45) is 0.466. The Balaban J connectivity index is 2.46. The van der Waals surface area contributed by atoms with Gasteiger partial charge in [-0.1, -0.05) is 0 Å². The van der Waals surface area contributed by atoms with E-state index in [9.17, 15) is 9.59 Å². The molecule has 0 aromatic carbocycles. The van der Waals surface area contributed by atoms with Gasteiger partial charge in [0.05, 0.1) is 0 Å². The molecule has 80 valence electrons. The zero-order chi connectivity index (χ0) is 11.0. The maximum absolute atomic E-state index is 11.3. The number of hydrogen-bond donors (Lipinski definition) is 2. The Labute approximate surface area is 83.0 Å². The fourth-order valence-electron chi connectivity index (χ4n) is 1.02. The minimum atomic E-state index is -1.03. The van der Waals surface area contributed by atoms with Gasteiger partial charge in [-0.25, -0.2) is 4.79 Å². The number of nitrogens with two attached hydrogens (primary N) is 1. The number of carbonyl (C=O) groups excluding carboxylic acids is 2. The van der Waals surface area contributed by atoms with E-state index in [1.807, 2.05) is 20.8 Å². The SMILES string of the molecule is CC(C)(C)NC(=O)OC1(C(N)=O)CC1. The van der Waals surface area contributed by atoms with Crippen LogP contribution in [0.25, 0.3) is 0 Å². The molecule has 0 radical (unpaired) electrons. The molecular weight excluding hydrogens is 184 g/mol. The molecule has 0 aromatic heterocycles. The minimum Gasteiger partial charge on any atom is -0.433 e. The van der Waals surface area contributed by atoms with Gasteiger partial charge in [0.15, 0.2) is 5.60 Å². The van der Waals surface area contributed by atoms with E-state index in [1.54, 1.807) is 0 Å². The summed E-state index contributed by atoms with van der Waals surface area (Å²) in [6.45, 7) is 5.49. The van der Waals surface area contributed by atoms with E-state index in [2.05, 4.69) is 5.32 Å². The van der Waals surface area contributed by atoms with E-state index in [-0.39, 0.29) is 5.54 Å². The van der Waals surface area contributed by atoms with Crippen LogP contribution in [0, 0.1) is 0 Å². The summed E-state index contributed by atoms with van der Waals surface area (Å²) in [6, 6.07) is 0. The Morgan fingerprint density at radius 1 is 1.36 bits per heavy atom. The monoisotopic (exact) mass is 200 g/mol. The maximum atomic E-state index is 11.3. The lowest BCUT2D eigenvalue weighted by atomic mass is 10.1. The summed E-state index contributed by atoms with van der Waals surface area (Å²) in [5.41, 5.74) is 3.70. The normalized spacial score (nSPS) is 18.5. The molecule has 0 spiro atoms. The summed E-state index contributed by atoms with van der Waals surface area (Å²) in [4.78, 5) is 22.2. The Hall–Kier alpha value is -1.26. The van der Waals surface area contributed by atoms with Crippen LogP contribution in [0.2, 0.25) is 0 Å². The van der Waals surface area contributed by atoms with Gasteiger partial charge in [0.1, 0.15) is 0 Å². The molecule has 5 heteroatoms. The summed E-state index contributed by atoms with van der Waals surface area (Å²) in [5, 5.41) is 2.60. The summed E-state index contributed by atoms with van der Waals surface area (Å²) < 4.78 is 4.96. The fraction of sp³-hybridized carbons (Fsp3) is 0.778. The van der Waals surface area contributed by atoms with Crippen molar-refractivity contribution in [3.05, 3.63) is 0 Å². The Morgan fingerprint density at radius 2 is 1.86 bits per heavy atom. The lowest BCUT2D eigenvalue weighted by molar-refractivity contribution is -0.128. The first-order valence-corrected chi connectivity index (χ1v) is 4.56. The summed E-state index contributed by atoms with van der Waals surface area (Å²) in [7, 11) is 0. The summed E-state index contributed by atoms with van der Waals surface area (Å²) >= 11 is 0. The maximum Gasteiger partial charge on any atom is 0.408 e. The predicted octanol–water partition coefficient (Wildman–Crippen LogP) is 0.529. The van der Waals surface area contributed by atoms with Gasteiger partial charge in [-0.05, 0) is 20.8 Å². The molecule has 1 saturated carbocycles. The number of alkyl carbamates (subject to hydrolysis) is 1. The Bertz CT molecular complexity index is 264. The van der Waals surface area contributed by atoms with E-state index in [0.29, 0.717) is 12.8 Å². The van der Waals surface area contributed by atoms with Crippen molar-refractivity contribution in [2.24, 2.45) is 5.73 Å². The number of carbonyl (C=O) groups is 2. The van der Waals surface area contributed by atoms with Gasteiger partial charge >= 0.3 is 6.09 Å². The van der Waals surface area contributed by atoms with Crippen LogP contribution in [0.4, 0.5) is 4.79 Å². The van der Waals surface area contributed by atoms with Gasteiger partial charge in [-0.15, -0.1) is 0 Å². The number of ether oxygens (including phenoxy) is 1. The number of hydrogen-bond acceptors (Lipinski definition) is 3. The average molecular weight is 200 g/mol. The quantitative estimate of drug-likeness (QED) is 0.682. The molecule has 1 fully saturated rings. The van der Waals surface area contributed by atoms with Crippen molar-refractivity contribution in [1.29, 1.82) is 0 Å². The highest BCUT2D eigenvalue weighted by atomic mass is 16.6. The lowest BCUT2D eigenvalue weighted by Gasteiger charge is -2.22. The molecule has 14 heavy (non-hydrogen) atoms. The molecule has 0 aromatic rings. The third kappa shape index (κ3) is 2.61. The second kappa shape index (κ2) is 3.15. The van der Waals surface area contributed by atoms with Crippen molar-refractivity contribution in [2.45, 2.75) is 44.8 Å². The summed E-state index contributed by atoms with van der Waals surface area (Å²) in [5.74, 6) is -0.568. The van der Waals surface area contributed by atoms with Crippen molar-refractivity contribution in [2.75, 3.05) is 0 Å². The van der Waals surface area contributed by atoms with E-state index >= 15 is 0 Å². The Morgan fingerprint density at radius 3 is 2.14 bits per heavy atom. The minimum absolute atomic E-state index is 0.370. The second-order valence-electron chi connectivity index (χ2n) is 4.62. The second-order valence-corrected chi connectivity index (χ2v) is 4.62.